The van der Waals surface area contributed by atoms with Crippen LogP contribution in [0.4, 0.5) is 0 Å². The second-order valence-corrected chi connectivity index (χ2v) is 1.14. The van der Waals surface area contributed by atoms with Crippen LogP contribution >= 0.6 is 0 Å². The van der Waals surface area contributed by atoms with E-state index in [0.717, 1.165) is 11.2 Å². The van der Waals surface area contributed by atoms with Gasteiger partial charge in [-0.3, -0.25) is 0 Å². The van der Waals surface area contributed by atoms with Crippen LogP contribution in [0.5, 0.6) is 0 Å². The first-order valence-electron chi connectivity index (χ1n) is 2.00. The molecule has 0 bridgehead atoms. The minimum atomic E-state index is 0.806. The number of hydrogen-bond donors (Lipinski definition) is 0. The summed E-state index contributed by atoms with van der Waals surface area (Å²) in [6, 6.07) is 0. The molecule has 0 aliphatic heterocycles. The van der Waals surface area contributed by atoms with Gasteiger partial charge in [0.05, 0.1) is 0 Å². The summed E-state index contributed by atoms with van der Waals surface area (Å²) < 4.78 is 0.806. The van der Waals surface area contributed by atoms with Gasteiger partial charge < -0.3 is 5.21 Å². The van der Waals surface area contributed by atoms with Gasteiger partial charge in [0.15, 0.2) is 0 Å². The Morgan fingerprint density at radius 3 is 2.33 bits per heavy atom. The van der Waals surface area contributed by atoms with Crippen LogP contribution in [-0.4, -0.2) is 18.0 Å². The summed E-state index contributed by atoms with van der Waals surface area (Å²) in [5.74, 6) is 0. The van der Waals surface area contributed by atoms with Gasteiger partial charge in [0.2, 0.25) is 0 Å². The highest BCUT2D eigenvalue weighted by molar-refractivity contribution is 5.50. The van der Waals surface area contributed by atoms with E-state index in [9.17, 15) is 5.21 Å². The zero-order chi connectivity index (χ0) is 4.99. The molecule has 36 valence electrons. The van der Waals surface area contributed by atoms with Gasteiger partial charge in [0.1, 0.15) is 13.3 Å². The van der Waals surface area contributed by atoms with Crippen molar-refractivity contribution in [2.45, 2.75) is 13.3 Å². The van der Waals surface area contributed by atoms with Gasteiger partial charge in [-0.2, -0.15) is 0 Å². The maximum absolute atomic E-state index is 9.90. The molecule has 0 amide bonds. The van der Waals surface area contributed by atoms with Crippen LogP contribution in [0.3, 0.4) is 0 Å². The summed E-state index contributed by atoms with van der Waals surface area (Å²) >= 11 is 0. The molecule has 0 rings (SSSR count). The van der Waals surface area contributed by atoms with E-state index < -0.39 is 0 Å². The summed E-state index contributed by atoms with van der Waals surface area (Å²) in [7, 11) is 1.48. The fraction of sp³-hybridized carbons (Fsp3) is 0.750. The first-order valence-corrected chi connectivity index (χ1v) is 2.00. The molecule has 0 saturated heterocycles. The van der Waals surface area contributed by atoms with Crippen molar-refractivity contribution < 1.29 is 4.74 Å². The zero-order valence-corrected chi connectivity index (χ0v) is 4.14. The molecule has 0 aliphatic rings. The molecule has 0 fully saturated rings. The van der Waals surface area contributed by atoms with Crippen LogP contribution in [0.2, 0.25) is 0 Å². The Labute approximate surface area is 37.7 Å². The average molecular weight is 87.1 g/mol. The largest absolute Gasteiger partial charge is 0.624 e. The predicted octanol–water partition coefficient (Wildman–Crippen LogP) is 0.607. The fourth-order valence-electron chi connectivity index (χ4n) is 0.257. The highest BCUT2D eigenvalue weighted by Gasteiger charge is 1.69. The molecule has 0 aromatic heterocycles. The molecule has 0 radical (unpaired) electrons. The molecule has 6 heavy (non-hydrogen) atoms. The van der Waals surface area contributed by atoms with Gasteiger partial charge in [-0.1, -0.05) is 6.92 Å². The molecular weight excluding hydrogens is 78.0 g/mol. The van der Waals surface area contributed by atoms with Crippen molar-refractivity contribution in [3.8, 4) is 0 Å². The molecule has 2 nitrogen and oxygen atoms in total. The maximum atomic E-state index is 9.90. The maximum Gasteiger partial charge on any atom is 0.150 e. The third-order valence-electron chi connectivity index (χ3n) is 0.440. The van der Waals surface area contributed by atoms with Crippen molar-refractivity contribution in [3.63, 3.8) is 0 Å². The number of rotatable bonds is 1. The van der Waals surface area contributed by atoms with Crippen LogP contribution in [-0.2, 0) is 0 Å². The minimum absolute atomic E-state index is 0.806. The van der Waals surface area contributed by atoms with Crippen molar-refractivity contribution in [1.82, 2.24) is 0 Å². The molecule has 0 N–H and O–H groups in total. The van der Waals surface area contributed by atoms with Gasteiger partial charge in [-0.05, 0) is 0 Å². The monoisotopic (exact) mass is 87.1 g/mol. The lowest BCUT2D eigenvalue weighted by molar-refractivity contribution is -0.418. The number of hydrogen-bond acceptors (Lipinski definition) is 1. The molecule has 0 atom stereocenters. The smallest absolute Gasteiger partial charge is 0.150 e. The molecule has 0 unspecified atom stereocenters. The van der Waals surface area contributed by atoms with E-state index in [-0.39, 0.29) is 0 Å². The second kappa shape index (κ2) is 2.69. The topological polar surface area (TPSA) is 26.1 Å². The number of hydroxylamine groups is 1. The summed E-state index contributed by atoms with van der Waals surface area (Å²) in [5, 5.41) is 9.90. The first kappa shape index (κ1) is 5.47. The minimum Gasteiger partial charge on any atom is -0.624 e. The average Bonchev–Trinajstić information content (AvgIpc) is 1.35. The Kier molecular flexibility index (Phi) is 2.46. The highest BCUT2D eigenvalue weighted by Crippen LogP contribution is 1.62. The Hall–Kier alpha value is -0.530. The summed E-state index contributed by atoms with van der Waals surface area (Å²) in [6.45, 7) is 1.92. The van der Waals surface area contributed by atoms with E-state index >= 15 is 0 Å². The third kappa shape index (κ3) is 3.47. The van der Waals surface area contributed by atoms with Crippen molar-refractivity contribution in [2.75, 3.05) is 7.05 Å². The van der Waals surface area contributed by atoms with Crippen LogP contribution in [0, 0.1) is 5.21 Å². The van der Waals surface area contributed by atoms with Gasteiger partial charge in [-0.15, -0.1) is 0 Å². The summed E-state index contributed by atoms with van der Waals surface area (Å²) in [5.41, 5.74) is 0. The van der Waals surface area contributed by atoms with Crippen LogP contribution in [0.1, 0.15) is 13.3 Å². The highest BCUT2D eigenvalue weighted by atomic mass is 16.5. The van der Waals surface area contributed by atoms with Gasteiger partial charge in [0.25, 0.3) is 0 Å². The molecule has 2 heteroatoms. The van der Waals surface area contributed by atoms with E-state index in [4.69, 9.17) is 0 Å². The molecule has 0 spiro atoms. The van der Waals surface area contributed by atoms with Crippen molar-refractivity contribution in [3.05, 3.63) is 5.21 Å². The fourth-order valence-corrected chi connectivity index (χ4v) is 0.257. The van der Waals surface area contributed by atoms with Crippen molar-refractivity contribution in [1.29, 1.82) is 0 Å². The molecule has 0 aliphatic carbocycles. The summed E-state index contributed by atoms with van der Waals surface area (Å²) in [6.07, 6.45) is 2.39. The predicted molar refractivity (Wildman–Crippen MR) is 25.9 cm³/mol. The van der Waals surface area contributed by atoms with Crippen molar-refractivity contribution >= 4 is 6.21 Å². The first-order chi connectivity index (χ1) is 2.77. The molecule has 0 aromatic rings. The Balaban J connectivity index is 3.14. The zero-order valence-electron chi connectivity index (χ0n) is 4.14. The molecule has 0 aromatic carbocycles. The molecule has 0 saturated carbocycles. The summed E-state index contributed by atoms with van der Waals surface area (Å²) in [4.78, 5) is 0. The van der Waals surface area contributed by atoms with E-state index in [1.807, 2.05) is 6.92 Å². The SMILES string of the molecule is CC/C=[N+](/C)[O-]. The van der Waals surface area contributed by atoms with E-state index in [2.05, 4.69) is 0 Å². The lowest BCUT2D eigenvalue weighted by Gasteiger charge is -1.89. The Morgan fingerprint density at radius 1 is 1.83 bits per heavy atom. The lowest BCUT2D eigenvalue weighted by Crippen LogP contribution is -1.92. The van der Waals surface area contributed by atoms with Gasteiger partial charge >= 0.3 is 0 Å². The Morgan fingerprint density at radius 2 is 2.33 bits per heavy atom. The quantitative estimate of drug-likeness (QED) is 0.199. The molecular formula is C4H9NO. The molecule has 0 heterocycles. The second-order valence-electron chi connectivity index (χ2n) is 1.14. The Bertz CT molecular complexity index is 54.6. The lowest BCUT2D eigenvalue weighted by atomic mass is 10.5. The van der Waals surface area contributed by atoms with Gasteiger partial charge in [-0.25, -0.2) is 4.74 Å². The van der Waals surface area contributed by atoms with E-state index in [1.165, 1.54) is 7.05 Å². The normalized spacial score (nSPS) is 12.0. The third-order valence-corrected chi connectivity index (χ3v) is 0.440. The van der Waals surface area contributed by atoms with E-state index in [1.54, 1.807) is 6.21 Å². The standard InChI is InChI=1S/C4H9NO/c1-3-4-5(2)6/h4H,3H2,1-2H3/b5-4-. The van der Waals surface area contributed by atoms with Crippen LogP contribution < -0.4 is 0 Å². The van der Waals surface area contributed by atoms with E-state index in [0.29, 0.717) is 0 Å². The number of nitrogens with zero attached hydrogens (tertiary/aromatic N) is 1. The van der Waals surface area contributed by atoms with Crippen molar-refractivity contribution in [2.24, 2.45) is 0 Å². The van der Waals surface area contributed by atoms with Crippen LogP contribution in [0.15, 0.2) is 0 Å². The van der Waals surface area contributed by atoms with Gasteiger partial charge in [0, 0.05) is 6.42 Å². The van der Waals surface area contributed by atoms with Crippen LogP contribution in [0.25, 0.3) is 0 Å².